The van der Waals surface area contributed by atoms with Crippen molar-refractivity contribution in [1.82, 2.24) is 0 Å². The lowest BCUT2D eigenvalue weighted by molar-refractivity contribution is -0.396. The van der Waals surface area contributed by atoms with Crippen molar-refractivity contribution in [1.29, 1.82) is 0 Å². The van der Waals surface area contributed by atoms with Gasteiger partial charge in [0.05, 0.1) is 65.1 Å². The van der Waals surface area contributed by atoms with E-state index in [0.29, 0.717) is 0 Å². The van der Waals surface area contributed by atoms with Crippen molar-refractivity contribution in [2.75, 3.05) is 6.61 Å². The van der Waals surface area contributed by atoms with E-state index in [2.05, 4.69) is 0 Å². The molecule has 15 heteroatoms. The maximum Gasteiger partial charge on any atom is 0.302 e. The maximum absolute atomic E-state index is 12.9. The number of esters is 1. The predicted molar refractivity (Wildman–Crippen MR) is 340 cm³/mol. The van der Waals surface area contributed by atoms with E-state index in [-0.39, 0.29) is 59.5 Å². The van der Waals surface area contributed by atoms with Crippen molar-refractivity contribution in [3.63, 3.8) is 0 Å². The molecule has 0 aliphatic carbocycles. The van der Waals surface area contributed by atoms with E-state index in [1.165, 1.54) is 6.92 Å². The molecule has 0 N–H and O–H groups in total. The summed E-state index contributed by atoms with van der Waals surface area (Å²) in [6, 6.07) is 79.3. The maximum atomic E-state index is 12.9. The molecule has 3 aliphatic rings. The Hall–Kier alpha value is -7.29. The molecular formula is C76H82O15. The van der Waals surface area contributed by atoms with Crippen LogP contribution in [-0.4, -0.2) is 105 Å². The smallest absolute Gasteiger partial charge is 0.302 e. The molecule has 0 amide bonds. The van der Waals surface area contributed by atoms with Gasteiger partial charge >= 0.3 is 5.97 Å². The molecule has 11 rings (SSSR count). The van der Waals surface area contributed by atoms with E-state index < -0.39 is 98.1 Å². The Morgan fingerprint density at radius 2 is 0.538 bits per heavy atom. The van der Waals surface area contributed by atoms with Gasteiger partial charge in [0.2, 0.25) is 0 Å². The van der Waals surface area contributed by atoms with E-state index in [4.69, 9.17) is 66.3 Å². The molecule has 476 valence electrons. The Balaban J connectivity index is 1.02. The highest BCUT2D eigenvalue weighted by Crippen LogP contribution is 2.40. The van der Waals surface area contributed by atoms with E-state index >= 15 is 0 Å². The van der Waals surface area contributed by atoms with Gasteiger partial charge in [-0.05, 0) is 58.4 Å². The van der Waals surface area contributed by atoms with Crippen LogP contribution in [0.1, 0.15) is 65.3 Å². The molecule has 3 fully saturated rings. The standard InChI is InChI=1S/C76H82O15/c1-53-65(79-44-56-28-12-4-13-29-56)68(82-47-59-34-18-7-19-35-59)73(74(87-53)86-51-63-42-26-11-27-43-63)91-75-72(85-50-62-40-24-10-25-41-62)70(66(54(2)88-75)80-45-57-30-14-5-15-31-57)90-76-71(84-49-61-38-22-9-23-39-61)69(83-48-60-36-20-8-21-37-60)67(64(89-76)52-78-55(3)77)81-46-58-32-16-6-17-33-58/h4-43,53-54,64-76H,44-52H2,1-3H3/t53-,54-,64+,65-,66-,67+,68+,69-,70+,71+,72+,73+,74+,75-,76+/m0/s1. The zero-order valence-electron chi connectivity index (χ0n) is 51.7. The quantitative estimate of drug-likeness (QED) is 0.0393. The molecule has 15 atom stereocenters. The molecule has 3 saturated heterocycles. The molecule has 8 aromatic carbocycles. The highest BCUT2D eigenvalue weighted by atomic mass is 16.8. The minimum atomic E-state index is -1.28. The van der Waals surface area contributed by atoms with Gasteiger partial charge in [0, 0.05) is 6.92 Å². The summed E-state index contributed by atoms with van der Waals surface area (Å²) in [6.07, 6.45) is -14.1. The molecule has 15 nitrogen and oxygen atoms in total. The predicted octanol–water partition coefficient (Wildman–Crippen LogP) is 12.8. The zero-order chi connectivity index (χ0) is 62.4. The van der Waals surface area contributed by atoms with E-state index in [0.717, 1.165) is 44.5 Å². The normalized spacial score (nSPS) is 26.6. The van der Waals surface area contributed by atoms with Gasteiger partial charge in [0.1, 0.15) is 67.6 Å². The molecule has 3 heterocycles. The lowest BCUT2D eigenvalue weighted by Crippen LogP contribution is -2.67. The van der Waals surface area contributed by atoms with Gasteiger partial charge in [-0.3, -0.25) is 4.79 Å². The van der Waals surface area contributed by atoms with Crippen LogP contribution in [-0.2, 0) is 124 Å². The van der Waals surface area contributed by atoms with E-state index in [9.17, 15) is 4.79 Å². The van der Waals surface area contributed by atoms with Crippen molar-refractivity contribution in [2.24, 2.45) is 0 Å². The van der Waals surface area contributed by atoms with Gasteiger partial charge in [-0.25, -0.2) is 0 Å². The summed E-state index contributed by atoms with van der Waals surface area (Å²) in [5.41, 5.74) is 7.40. The van der Waals surface area contributed by atoms with E-state index in [1.54, 1.807) is 0 Å². The third-order valence-electron chi connectivity index (χ3n) is 16.3. The summed E-state index contributed by atoms with van der Waals surface area (Å²) in [4.78, 5) is 12.9. The van der Waals surface area contributed by atoms with Gasteiger partial charge in [-0.2, -0.15) is 0 Å². The van der Waals surface area contributed by atoms with Crippen LogP contribution < -0.4 is 0 Å². The second kappa shape index (κ2) is 33.9. The van der Waals surface area contributed by atoms with Crippen LogP contribution in [0, 0.1) is 0 Å². The van der Waals surface area contributed by atoms with Crippen molar-refractivity contribution in [3.8, 4) is 0 Å². The Bertz CT molecular complexity index is 3320. The first-order valence-electron chi connectivity index (χ1n) is 31.4. The average molecular weight is 1240 g/mol. The van der Waals surface area contributed by atoms with E-state index in [1.807, 2.05) is 257 Å². The largest absolute Gasteiger partial charge is 0.463 e. The highest BCUT2D eigenvalue weighted by Gasteiger charge is 2.57. The number of rotatable bonds is 30. The fourth-order valence-electron chi connectivity index (χ4n) is 11.6. The fraction of sp³-hybridized carbons (Fsp3) is 0.355. The Labute approximate surface area is 534 Å². The van der Waals surface area contributed by atoms with Gasteiger partial charge < -0.3 is 66.3 Å². The molecule has 0 saturated carbocycles. The zero-order valence-corrected chi connectivity index (χ0v) is 51.7. The lowest BCUT2D eigenvalue weighted by atomic mass is 9.95. The van der Waals surface area contributed by atoms with Crippen LogP contribution >= 0.6 is 0 Å². The van der Waals surface area contributed by atoms with Crippen molar-refractivity contribution in [2.45, 2.75) is 166 Å². The molecule has 91 heavy (non-hydrogen) atoms. The van der Waals surface area contributed by atoms with Crippen molar-refractivity contribution in [3.05, 3.63) is 287 Å². The summed E-state index contributed by atoms with van der Waals surface area (Å²) in [5, 5.41) is 0. The third-order valence-corrected chi connectivity index (χ3v) is 16.3. The minimum Gasteiger partial charge on any atom is -0.463 e. The SMILES string of the molecule is CC(=O)OC[C@H]1O[C@H](O[C@@H]2[C@@H](OCc3ccccc3)[C@H](C)O[C@@H](O[C@H]3[C@H](OCc4ccccc4)O[C@@H](C)[C@H](OCc4ccccc4)[C@H]3OCc3ccccc3)[C@@H]2OCc2ccccc2)[C@H](OCc2ccccc2)[C@@H](OCc2ccccc2)[C@@H]1OCc1ccccc1. The molecule has 0 aromatic heterocycles. The van der Waals surface area contributed by atoms with Crippen LogP contribution in [0.2, 0.25) is 0 Å². The first-order chi connectivity index (χ1) is 44.8. The second-order valence-electron chi connectivity index (χ2n) is 23.1. The molecule has 0 radical (unpaired) electrons. The molecule has 3 aliphatic heterocycles. The Kier molecular flexibility index (Phi) is 24.3. The summed E-state index contributed by atoms with van der Waals surface area (Å²) in [6.45, 7) is 6.51. The number of carbonyl (C=O) groups excluding carboxylic acids is 1. The lowest BCUT2D eigenvalue weighted by Gasteiger charge is -2.51. The Morgan fingerprint density at radius 1 is 0.286 bits per heavy atom. The van der Waals surface area contributed by atoms with Gasteiger partial charge in [0.15, 0.2) is 18.9 Å². The summed E-state index contributed by atoms with van der Waals surface area (Å²) >= 11 is 0. The van der Waals surface area contributed by atoms with Crippen LogP contribution in [0.5, 0.6) is 0 Å². The van der Waals surface area contributed by atoms with Crippen LogP contribution in [0.25, 0.3) is 0 Å². The van der Waals surface area contributed by atoms with Crippen molar-refractivity contribution < 1.29 is 71.1 Å². The topological polar surface area (TPSA) is 146 Å². The molecule has 0 bridgehead atoms. The molecule has 8 aromatic rings. The fourth-order valence-corrected chi connectivity index (χ4v) is 11.6. The van der Waals surface area contributed by atoms with Crippen LogP contribution in [0.15, 0.2) is 243 Å². The summed E-state index contributed by atoms with van der Waals surface area (Å²) in [5.74, 6) is -0.500. The van der Waals surface area contributed by atoms with Crippen LogP contribution in [0.4, 0.5) is 0 Å². The number of ether oxygens (including phenoxy) is 14. The molecule has 0 spiro atoms. The molecular weight excluding hydrogens is 1150 g/mol. The third kappa shape index (κ3) is 18.7. The number of carbonyl (C=O) groups is 1. The summed E-state index contributed by atoms with van der Waals surface area (Å²) in [7, 11) is 0. The number of hydrogen-bond donors (Lipinski definition) is 0. The second-order valence-corrected chi connectivity index (χ2v) is 23.1. The van der Waals surface area contributed by atoms with Crippen molar-refractivity contribution >= 4 is 5.97 Å². The van der Waals surface area contributed by atoms with Gasteiger partial charge in [-0.1, -0.05) is 243 Å². The number of benzene rings is 8. The summed E-state index contributed by atoms with van der Waals surface area (Å²) < 4.78 is 99.0. The average Bonchev–Trinajstić information content (AvgIpc) is 1.42. The number of hydrogen-bond acceptors (Lipinski definition) is 15. The first kappa shape index (κ1) is 65.2. The van der Waals surface area contributed by atoms with Gasteiger partial charge in [0.25, 0.3) is 0 Å². The minimum absolute atomic E-state index is 0.101. The Morgan fingerprint density at radius 3 is 0.890 bits per heavy atom. The first-order valence-corrected chi connectivity index (χ1v) is 31.4. The van der Waals surface area contributed by atoms with Crippen LogP contribution in [0.3, 0.4) is 0 Å². The van der Waals surface area contributed by atoms with Gasteiger partial charge in [-0.15, -0.1) is 0 Å². The molecule has 0 unspecified atom stereocenters. The monoisotopic (exact) mass is 1230 g/mol. The highest BCUT2D eigenvalue weighted by molar-refractivity contribution is 5.65.